The molecule has 8 aromatic heterocycles. The summed E-state index contributed by atoms with van der Waals surface area (Å²) in [5.74, 6) is 0. The van der Waals surface area contributed by atoms with E-state index in [0.29, 0.717) is 19.8 Å². The number of rotatable bonds is 20. The smallest absolute Gasteiger partial charge is 0.0882 e. The quantitative estimate of drug-likeness (QED) is 0.0262. The highest BCUT2D eigenvalue weighted by molar-refractivity contribution is 7.74. The van der Waals surface area contributed by atoms with Crippen molar-refractivity contribution in [1.29, 1.82) is 0 Å². The van der Waals surface area contributed by atoms with Gasteiger partial charge in [0.25, 0.3) is 0 Å². The second kappa shape index (κ2) is 23.5. The lowest BCUT2D eigenvalue weighted by Gasteiger charge is -2.02. The topological polar surface area (TPSA) is 47.9 Å². The van der Waals surface area contributed by atoms with Crippen molar-refractivity contribution in [3.05, 3.63) is 204 Å². The first-order chi connectivity index (χ1) is 37.1. The Morgan fingerprint density at radius 1 is 0.320 bits per heavy atom. The minimum absolute atomic E-state index is 0.0433. The van der Waals surface area contributed by atoms with Gasteiger partial charge in [0.05, 0.1) is 45.9 Å². The number of hydrogen-bond acceptors (Lipinski definition) is 13. The van der Waals surface area contributed by atoms with Gasteiger partial charge in [-0.3, -0.25) is 0 Å². The average molecular weight is 1140 g/mol. The van der Waals surface area contributed by atoms with E-state index in [1.165, 1.54) is 123 Å². The Kier molecular flexibility index (Phi) is 15.8. The van der Waals surface area contributed by atoms with Crippen LogP contribution in [0.3, 0.4) is 0 Å². The fourth-order valence-corrected chi connectivity index (χ4v) is 18.6. The molecule has 12 aromatic rings. The monoisotopic (exact) mass is 1140 g/mol. The average Bonchev–Trinajstić information content (AvgIpc) is 4.32. The molecule has 4 aromatic carbocycles. The molecule has 0 atom stereocenters. The van der Waals surface area contributed by atoms with Crippen LogP contribution in [0.5, 0.6) is 0 Å². The Hall–Kier alpha value is -5.33. The molecule has 0 aliphatic heterocycles. The van der Waals surface area contributed by atoms with Crippen molar-refractivity contribution in [1.82, 2.24) is 0 Å². The molecule has 0 aliphatic rings. The summed E-state index contributed by atoms with van der Waals surface area (Å²) >= 11 is 18.7. The van der Waals surface area contributed by atoms with Gasteiger partial charge in [-0.1, -0.05) is 121 Å². The maximum Gasteiger partial charge on any atom is 0.0882 e. The molecule has 0 bridgehead atoms. The summed E-state index contributed by atoms with van der Waals surface area (Å²) < 4.78 is 10.2. The second-order valence-corrected chi connectivity index (χ2v) is 26.3. The van der Waals surface area contributed by atoms with Crippen molar-refractivity contribution in [2.24, 2.45) is 0 Å². The highest BCUT2D eigenvalue weighted by Crippen LogP contribution is 2.54. The van der Waals surface area contributed by atoms with Crippen molar-refractivity contribution in [2.45, 2.75) is 12.8 Å². The van der Waals surface area contributed by atoms with Crippen molar-refractivity contribution >= 4 is 104 Å². The number of hydrogen-bond donors (Lipinski definition) is 2. The molecule has 0 aliphatic carbocycles. The molecule has 0 saturated carbocycles. The largest absolute Gasteiger partial charge is 0.394 e. The Morgan fingerprint density at radius 3 is 0.987 bits per heavy atom. The molecular weight excluding hydrogens is 1100 g/mol. The summed E-state index contributed by atoms with van der Waals surface area (Å²) in [6.07, 6.45) is 1.59. The molecule has 75 heavy (non-hydrogen) atoms. The van der Waals surface area contributed by atoms with Crippen molar-refractivity contribution in [2.75, 3.05) is 26.4 Å². The van der Waals surface area contributed by atoms with Crippen LogP contribution in [0.15, 0.2) is 194 Å². The van der Waals surface area contributed by atoms with Crippen LogP contribution in [0, 0.1) is 0 Å². The minimum Gasteiger partial charge on any atom is -0.394 e. The molecule has 0 fully saturated rings. The van der Waals surface area contributed by atoms with Gasteiger partial charge in [-0.05, 0) is 95.1 Å². The highest BCUT2D eigenvalue weighted by Gasteiger charge is 2.24. The summed E-state index contributed by atoms with van der Waals surface area (Å²) in [6.45, 7) is 1.46. The van der Waals surface area contributed by atoms with E-state index in [4.69, 9.17) is 9.62 Å². The van der Waals surface area contributed by atoms with E-state index in [1.54, 1.807) is 0 Å². The predicted molar refractivity (Wildman–Crippen MR) is 331 cm³/mol. The lowest BCUT2D eigenvalue weighted by atomic mass is 10.0. The standard InChI is InChI=1S/C62H46O4S9/c63-31-34-64-32-29-43-21-23-51(68-43)59-45(39-13-5-1-6-14-39)35-55(72-59)57-37-47(41-17-9-3-10-18-41)61(74-57)53-27-25-49(70-53)50-26-28-54(71-50)62-48(42-19-11-4-12-20-42)38-58(75-62)56-36-46(40-15-7-2-8-16-40)60(73-56)52-24-22-44(69-52)30-33-65-66-67/h1-28,35-38,63,67H,29-34H2. The van der Waals surface area contributed by atoms with Gasteiger partial charge in [-0.15, -0.1) is 90.7 Å². The maximum atomic E-state index is 9.20. The Morgan fingerprint density at radius 2 is 0.640 bits per heavy atom. The first-order valence-electron chi connectivity index (χ1n) is 24.3. The SMILES string of the molecule is OCCOCCc1ccc(-c2sc(-c3cc(-c4ccccc4)c(-c4ccc(-c5ccc(-c6sc(-c7cc(-c8ccccc8)c(-c8ccc(CCOOS)s8)s7)cc6-c6ccccc6)s5)s4)s3)cc2-c2ccccc2)s1. The molecule has 372 valence electrons. The zero-order chi connectivity index (χ0) is 50.5. The van der Waals surface area contributed by atoms with E-state index < -0.39 is 0 Å². The predicted octanol–water partition coefficient (Wildman–Crippen LogP) is 20.4. The third-order valence-electron chi connectivity index (χ3n) is 12.6. The van der Waals surface area contributed by atoms with Crippen molar-refractivity contribution < 1.29 is 19.1 Å². The molecule has 12 rings (SSSR count). The van der Waals surface area contributed by atoms with E-state index in [1.807, 2.05) is 90.7 Å². The van der Waals surface area contributed by atoms with Gasteiger partial charge in [0.15, 0.2) is 0 Å². The van der Waals surface area contributed by atoms with Gasteiger partial charge < -0.3 is 9.84 Å². The number of aliphatic hydroxyl groups is 1. The third kappa shape index (κ3) is 11.1. The third-order valence-corrected chi connectivity index (χ3v) is 23.1. The molecule has 8 heterocycles. The van der Waals surface area contributed by atoms with Crippen LogP contribution in [0.25, 0.3) is 113 Å². The lowest BCUT2D eigenvalue weighted by molar-refractivity contribution is -0.186. The first-order valence-corrected chi connectivity index (χ1v) is 31.2. The van der Waals surface area contributed by atoms with E-state index in [-0.39, 0.29) is 6.61 Å². The van der Waals surface area contributed by atoms with E-state index in [9.17, 15) is 5.11 Å². The van der Waals surface area contributed by atoms with E-state index in [2.05, 4.69) is 211 Å². The minimum atomic E-state index is 0.0433. The zero-order valence-corrected chi connectivity index (χ0v) is 47.5. The highest BCUT2D eigenvalue weighted by atomic mass is 32.1. The molecule has 0 amide bonds. The summed E-state index contributed by atoms with van der Waals surface area (Å²) in [5.41, 5.74) is 9.88. The number of thiol groups is 1. The summed E-state index contributed by atoms with van der Waals surface area (Å²) in [7, 11) is 0. The Labute approximate surface area is 474 Å². The zero-order valence-electron chi connectivity index (χ0n) is 40.1. The van der Waals surface area contributed by atoms with Crippen LogP contribution in [0.4, 0.5) is 0 Å². The normalized spacial score (nSPS) is 11.5. The molecule has 0 saturated heterocycles. The van der Waals surface area contributed by atoms with Crippen LogP contribution < -0.4 is 0 Å². The molecule has 0 unspecified atom stereocenters. The maximum absolute atomic E-state index is 9.20. The fourth-order valence-electron chi connectivity index (χ4n) is 9.08. The number of ether oxygens (including phenoxy) is 1. The van der Waals surface area contributed by atoms with Gasteiger partial charge in [-0.2, -0.15) is 4.33 Å². The second-order valence-electron chi connectivity index (χ2n) is 17.5. The van der Waals surface area contributed by atoms with Crippen molar-refractivity contribution in [3.63, 3.8) is 0 Å². The van der Waals surface area contributed by atoms with Crippen LogP contribution in [-0.2, 0) is 26.8 Å². The summed E-state index contributed by atoms with van der Waals surface area (Å²) in [4.78, 5) is 25.4. The summed E-state index contributed by atoms with van der Waals surface area (Å²) in [6, 6.07) is 71.0. The van der Waals surface area contributed by atoms with Crippen LogP contribution in [-0.4, -0.2) is 31.5 Å². The fraction of sp³-hybridized carbons (Fsp3) is 0.0968. The van der Waals surface area contributed by atoms with Crippen molar-refractivity contribution in [3.8, 4) is 113 Å². The summed E-state index contributed by atoms with van der Waals surface area (Å²) in [5, 5.41) is 9.20. The number of aliphatic hydroxyl groups excluding tert-OH is 1. The van der Waals surface area contributed by atoms with Crippen LogP contribution in [0.2, 0.25) is 0 Å². The van der Waals surface area contributed by atoms with E-state index in [0.717, 1.165) is 12.8 Å². The first kappa shape index (κ1) is 50.5. The van der Waals surface area contributed by atoms with Gasteiger partial charge in [0, 0.05) is 107 Å². The molecule has 4 nitrogen and oxygen atoms in total. The van der Waals surface area contributed by atoms with Gasteiger partial charge in [0.2, 0.25) is 0 Å². The molecule has 1 N–H and O–H groups in total. The molecule has 0 spiro atoms. The van der Waals surface area contributed by atoms with Gasteiger partial charge >= 0.3 is 0 Å². The lowest BCUT2D eigenvalue weighted by Crippen LogP contribution is -2.02. The van der Waals surface area contributed by atoms with Crippen LogP contribution in [0.1, 0.15) is 9.75 Å². The molecular formula is C62H46O4S9. The van der Waals surface area contributed by atoms with Gasteiger partial charge in [-0.25, -0.2) is 4.89 Å². The number of benzene rings is 4. The number of thiophene rings is 8. The van der Waals surface area contributed by atoms with Crippen LogP contribution >= 0.6 is 104 Å². The molecule has 13 heteroatoms. The molecule has 0 radical (unpaired) electrons. The van der Waals surface area contributed by atoms with E-state index >= 15 is 0 Å². The Balaban J connectivity index is 0.884. The van der Waals surface area contributed by atoms with Gasteiger partial charge in [0.1, 0.15) is 0 Å². The Bertz CT molecular complexity index is 3790.